The predicted molar refractivity (Wildman–Crippen MR) is 98.9 cm³/mol. The van der Waals surface area contributed by atoms with Crippen molar-refractivity contribution >= 4 is 17.5 Å². The van der Waals surface area contributed by atoms with Gasteiger partial charge in [0.05, 0.1) is 12.7 Å². The van der Waals surface area contributed by atoms with E-state index in [4.69, 9.17) is 21.6 Å². The summed E-state index contributed by atoms with van der Waals surface area (Å²) in [7, 11) is 0. The third-order valence-electron chi connectivity index (χ3n) is 5.35. The molecule has 1 aliphatic carbocycles. The maximum Gasteiger partial charge on any atom is 0.303 e. The average Bonchev–Trinajstić information content (AvgIpc) is 2.65. The first-order valence-electron chi connectivity index (χ1n) is 9.11. The number of hydrogen-bond acceptors (Lipinski definition) is 5. The molecule has 2 amide bonds. The van der Waals surface area contributed by atoms with E-state index >= 15 is 0 Å². The number of benzene rings is 1. The Balaban J connectivity index is 2.01. The van der Waals surface area contributed by atoms with Crippen molar-refractivity contribution in [3.63, 3.8) is 0 Å². The summed E-state index contributed by atoms with van der Waals surface area (Å²) in [5, 5.41) is 9.77. The molecule has 2 fully saturated rings. The standard InChI is InChI=1S/C20H24N2O5/c1-2-18(24)22(20(19(21)25)8-10-26-11-9-20)15-6-7-17(14(12-15)13-23)27-16-4-3-5-16/h1,6-7,12,16,23H,3-5,8-11,13H2,(H2,21,25). The number of aliphatic hydroxyl groups is 1. The molecular formula is C20H24N2O5. The Bertz CT molecular complexity index is 760. The van der Waals surface area contributed by atoms with Crippen LogP contribution in [0.25, 0.3) is 0 Å². The van der Waals surface area contributed by atoms with E-state index in [1.165, 1.54) is 4.90 Å². The van der Waals surface area contributed by atoms with Crippen molar-refractivity contribution < 1.29 is 24.2 Å². The second-order valence-electron chi connectivity index (χ2n) is 6.91. The summed E-state index contributed by atoms with van der Waals surface area (Å²) in [5.74, 6) is 1.37. The lowest BCUT2D eigenvalue weighted by Crippen LogP contribution is -2.62. The zero-order valence-electron chi connectivity index (χ0n) is 15.1. The van der Waals surface area contributed by atoms with Crippen LogP contribution in [0.5, 0.6) is 5.75 Å². The molecule has 7 heteroatoms. The van der Waals surface area contributed by atoms with Gasteiger partial charge in [0.1, 0.15) is 11.3 Å². The molecule has 0 unspecified atom stereocenters. The predicted octanol–water partition coefficient (Wildman–Crippen LogP) is 1.11. The molecule has 1 saturated heterocycles. The number of amides is 2. The summed E-state index contributed by atoms with van der Waals surface area (Å²) in [6.07, 6.45) is 9.13. The Morgan fingerprint density at radius 1 is 1.37 bits per heavy atom. The molecule has 0 radical (unpaired) electrons. The Kier molecular flexibility index (Phi) is 5.68. The van der Waals surface area contributed by atoms with Crippen molar-refractivity contribution in [3.05, 3.63) is 23.8 Å². The van der Waals surface area contributed by atoms with Crippen LogP contribution in [0.15, 0.2) is 18.2 Å². The monoisotopic (exact) mass is 372 g/mol. The third-order valence-corrected chi connectivity index (χ3v) is 5.35. The van der Waals surface area contributed by atoms with E-state index in [2.05, 4.69) is 5.92 Å². The first kappa shape index (κ1) is 19.2. The van der Waals surface area contributed by atoms with Gasteiger partial charge in [-0.3, -0.25) is 14.5 Å². The topological polar surface area (TPSA) is 102 Å². The Morgan fingerprint density at radius 2 is 2.07 bits per heavy atom. The minimum absolute atomic E-state index is 0.150. The normalized spacial score (nSPS) is 18.8. The lowest BCUT2D eigenvalue weighted by Gasteiger charge is -2.43. The molecule has 0 bridgehead atoms. The van der Waals surface area contributed by atoms with E-state index in [0.717, 1.165) is 19.3 Å². The number of nitrogens with zero attached hydrogens (tertiary/aromatic N) is 1. The smallest absolute Gasteiger partial charge is 0.303 e. The molecule has 1 aliphatic heterocycles. The maximum atomic E-state index is 12.6. The fraction of sp³-hybridized carbons (Fsp3) is 0.500. The van der Waals surface area contributed by atoms with Crippen LogP contribution in [-0.2, 0) is 20.9 Å². The summed E-state index contributed by atoms with van der Waals surface area (Å²) in [6, 6.07) is 5.00. The molecule has 2 aliphatic rings. The highest BCUT2D eigenvalue weighted by molar-refractivity contribution is 6.11. The minimum Gasteiger partial charge on any atom is -0.490 e. The van der Waals surface area contributed by atoms with Crippen LogP contribution in [0.3, 0.4) is 0 Å². The lowest BCUT2D eigenvalue weighted by molar-refractivity contribution is -0.130. The van der Waals surface area contributed by atoms with Crippen molar-refractivity contribution in [2.75, 3.05) is 18.1 Å². The van der Waals surface area contributed by atoms with Gasteiger partial charge in [-0.05, 0) is 43.4 Å². The van der Waals surface area contributed by atoms with E-state index < -0.39 is 17.4 Å². The highest BCUT2D eigenvalue weighted by Crippen LogP contribution is 2.36. The number of aliphatic hydroxyl groups excluding tert-OH is 1. The highest BCUT2D eigenvalue weighted by Gasteiger charge is 2.47. The first-order chi connectivity index (χ1) is 13.0. The zero-order chi connectivity index (χ0) is 19.4. The molecular weight excluding hydrogens is 348 g/mol. The van der Waals surface area contributed by atoms with Gasteiger partial charge in [-0.25, -0.2) is 0 Å². The Labute approximate surface area is 158 Å². The van der Waals surface area contributed by atoms with Crippen molar-refractivity contribution in [2.24, 2.45) is 5.73 Å². The molecule has 1 aromatic carbocycles. The summed E-state index contributed by atoms with van der Waals surface area (Å²) in [5.41, 5.74) is 5.37. The van der Waals surface area contributed by atoms with Crippen LogP contribution >= 0.6 is 0 Å². The molecule has 27 heavy (non-hydrogen) atoms. The van der Waals surface area contributed by atoms with Crippen molar-refractivity contribution in [1.29, 1.82) is 0 Å². The highest BCUT2D eigenvalue weighted by atomic mass is 16.5. The Morgan fingerprint density at radius 3 is 2.59 bits per heavy atom. The number of rotatable bonds is 6. The number of ether oxygens (including phenoxy) is 2. The molecule has 1 heterocycles. The van der Waals surface area contributed by atoms with E-state index in [0.29, 0.717) is 30.2 Å². The lowest BCUT2D eigenvalue weighted by atomic mass is 9.86. The van der Waals surface area contributed by atoms with Crippen LogP contribution in [0.1, 0.15) is 37.7 Å². The van der Waals surface area contributed by atoms with Crippen LogP contribution in [0.2, 0.25) is 0 Å². The van der Waals surface area contributed by atoms with Crippen LogP contribution in [0.4, 0.5) is 5.69 Å². The van der Waals surface area contributed by atoms with Crippen molar-refractivity contribution in [3.8, 4) is 18.1 Å². The summed E-state index contributed by atoms with van der Waals surface area (Å²) < 4.78 is 11.2. The third kappa shape index (κ3) is 3.64. The average molecular weight is 372 g/mol. The van der Waals surface area contributed by atoms with Gasteiger partial charge in [-0.2, -0.15) is 0 Å². The number of carbonyl (C=O) groups is 2. The van der Waals surface area contributed by atoms with Gasteiger partial charge >= 0.3 is 5.91 Å². The minimum atomic E-state index is -1.26. The van der Waals surface area contributed by atoms with Crippen molar-refractivity contribution in [1.82, 2.24) is 0 Å². The van der Waals surface area contributed by atoms with Gasteiger partial charge < -0.3 is 20.3 Å². The summed E-state index contributed by atoms with van der Waals surface area (Å²) in [6.45, 7) is 0.334. The molecule has 7 nitrogen and oxygen atoms in total. The maximum absolute atomic E-state index is 12.6. The van der Waals surface area contributed by atoms with Crippen LogP contribution < -0.4 is 15.4 Å². The molecule has 1 saturated carbocycles. The zero-order valence-corrected chi connectivity index (χ0v) is 15.1. The summed E-state index contributed by atoms with van der Waals surface area (Å²) in [4.78, 5) is 26.2. The van der Waals surface area contributed by atoms with E-state index in [-0.39, 0.29) is 25.6 Å². The quantitative estimate of drug-likeness (QED) is 0.729. The van der Waals surface area contributed by atoms with E-state index in [9.17, 15) is 14.7 Å². The van der Waals surface area contributed by atoms with Gasteiger partial charge in [0.2, 0.25) is 5.91 Å². The first-order valence-corrected chi connectivity index (χ1v) is 9.11. The molecule has 0 aromatic heterocycles. The molecule has 0 spiro atoms. The molecule has 144 valence electrons. The second-order valence-corrected chi connectivity index (χ2v) is 6.91. The number of nitrogens with two attached hydrogens (primary N) is 1. The van der Waals surface area contributed by atoms with Crippen molar-refractivity contribution in [2.45, 2.75) is 50.4 Å². The van der Waals surface area contributed by atoms with Gasteiger partial charge in [-0.1, -0.05) is 0 Å². The van der Waals surface area contributed by atoms with Gasteiger partial charge in [0, 0.05) is 37.3 Å². The fourth-order valence-electron chi connectivity index (χ4n) is 3.52. The number of primary amides is 1. The molecule has 3 rings (SSSR count). The van der Waals surface area contributed by atoms with E-state index in [1.807, 2.05) is 0 Å². The summed E-state index contributed by atoms with van der Waals surface area (Å²) >= 11 is 0. The number of hydrogen-bond donors (Lipinski definition) is 2. The van der Waals surface area contributed by atoms with Gasteiger partial charge in [-0.15, -0.1) is 6.42 Å². The fourth-order valence-corrected chi connectivity index (χ4v) is 3.52. The molecule has 0 atom stereocenters. The number of anilines is 1. The number of carbonyl (C=O) groups excluding carboxylic acids is 2. The molecule has 3 N–H and O–H groups in total. The Hall–Kier alpha value is -2.56. The number of terminal acetylenes is 1. The second kappa shape index (κ2) is 7.99. The van der Waals surface area contributed by atoms with Gasteiger partial charge in [0.25, 0.3) is 0 Å². The SMILES string of the molecule is C#CC(=O)N(c1ccc(OC2CCC2)c(CO)c1)C1(C(N)=O)CCOCC1. The molecule has 1 aromatic rings. The van der Waals surface area contributed by atoms with Crippen LogP contribution in [0, 0.1) is 12.3 Å². The van der Waals surface area contributed by atoms with Crippen LogP contribution in [-0.4, -0.2) is 41.8 Å². The van der Waals surface area contributed by atoms with E-state index in [1.54, 1.807) is 18.2 Å². The largest absolute Gasteiger partial charge is 0.490 e. The van der Waals surface area contributed by atoms with Gasteiger partial charge in [0.15, 0.2) is 0 Å².